The molecule has 2 amide bonds. The lowest BCUT2D eigenvalue weighted by atomic mass is 10.1. The average molecular weight is 593 g/mol. The van der Waals surface area contributed by atoms with Gasteiger partial charge in [0, 0.05) is 30.2 Å². The van der Waals surface area contributed by atoms with Crippen molar-refractivity contribution in [1.29, 1.82) is 0 Å². The van der Waals surface area contributed by atoms with Gasteiger partial charge in [0.25, 0.3) is 10.0 Å². The van der Waals surface area contributed by atoms with Crippen LogP contribution in [0.5, 0.6) is 0 Å². The Labute approximate surface area is 229 Å². The van der Waals surface area contributed by atoms with Gasteiger partial charge in [0.2, 0.25) is 0 Å². The summed E-state index contributed by atoms with van der Waals surface area (Å²) < 4.78 is 80.0. The molecule has 2 aromatic rings. The summed E-state index contributed by atoms with van der Waals surface area (Å²) in [5, 5.41) is 4.04. The number of aromatic nitrogens is 1. The molecule has 1 aliphatic heterocycles. The number of nitrogens with zero attached hydrogens (tertiary/aromatic N) is 3. The largest absolute Gasteiger partial charge is 0.444 e. The first-order valence-electron chi connectivity index (χ1n) is 11.9. The molecule has 1 fully saturated rings. The first-order valence-corrected chi connectivity index (χ1v) is 14.3. The third-order valence-electron chi connectivity index (χ3n) is 5.22. The zero-order valence-corrected chi connectivity index (χ0v) is 24.0. The van der Waals surface area contributed by atoms with Crippen LogP contribution in [0.4, 0.5) is 34.3 Å². The fraction of sp³-hybridized carbons (Fsp3) is 0.542. The SMILES string of the molecule is CC(C)(C)OC(=O)N1CCC(Nc2ccc(S(=O)(=O)N(C(=O)OC(C)(C)C)c3cscn3)cc2C(F)(F)F)C1. The van der Waals surface area contributed by atoms with Crippen molar-refractivity contribution in [3.05, 3.63) is 34.7 Å². The highest BCUT2D eigenvalue weighted by molar-refractivity contribution is 7.93. The van der Waals surface area contributed by atoms with Gasteiger partial charge in [-0.15, -0.1) is 15.6 Å². The minimum absolute atomic E-state index is 0.0997. The summed E-state index contributed by atoms with van der Waals surface area (Å²) in [6, 6.07) is 1.88. The molecule has 1 aromatic heterocycles. The topological polar surface area (TPSA) is 118 Å². The predicted molar refractivity (Wildman–Crippen MR) is 139 cm³/mol. The van der Waals surface area contributed by atoms with Gasteiger partial charge in [-0.25, -0.2) is 23.0 Å². The molecule has 0 aliphatic carbocycles. The number of carbonyl (C=O) groups excluding carboxylic acids is 2. The van der Waals surface area contributed by atoms with Crippen molar-refractivity contribution in [3.63, 3.8) is 0 Å². The maximum absolute atomic E-state index is 14.1. The van der Waals surface area contributed by atoms with Gasteiger partial charge >= 0.3 is 18.4 Å². The highest BCUT2D eigenvalue weighted by Crippen LogP contribution is 2.38. The van der Waals surface area contributed by atoms with Gasteiger partial charge in [0.1, 0.15) is 11.2 Å². The van der Waals surface area contributed by atoms with Crippen molar-refractivity contribution in [2.75, 3.05) is 22.7 Å². The molecular weight excluding hydrogens is 561 g/mol. The smallest absolute Gasteiger partial charge is 0.430 e. The van der Waals surface area contributed by atoms with Gasteiger partial charge < -0.3 is 19.7 Å². The van der Waals surface area contributed by atoms with Crippen molar-refractivity contribution in [2.45, 2.75) is 76.3 Å². The Morgan fingerprint density at radius 3 is 2.28 bits per heavy atom. The Kier molecular flexibility index (Phi) is 8.46. The molecule has 216 valence electrons. The van der Waals surface area contributed by atoms with Crippen LogP contribution in [0.1, 0.15) is 53.5 Å². The van der Waals surface area contributed by atoms with E-state index in [2.05, 4.69) is 10.3 Å². The van der Waals surface area contributed by atoms with Crippen LogP contribution in [-0.4, -0.2) is 60.8 Å². The van der Waals surface area contributed by atoms with Crippen LogP contribution in [0.2, 0.25) is 0 Å². The number of halogens is 3. The fourth-order valence-electron chi connectivity index (χ4n) is 3.66. The van der Waals surface area contributed by atoms with Crippen LogP contribution < -0.4 is 9.62 Å². The number of thiazole rings is 1. The summed E-state index contributed by atoms with van der Waals surface area (Å²) in [5.41, 5.74) is -2.14. The monoisotopic (exact) mass is 592 g/mol. The summed E-state index contributed by atoms with van der Waals surface area (Å²) in [5.74, 6) is -0.307. The molecule has 1 atom stereocenters. The van der Waals surface area contributed by atoms with Crippen molar-refractivity contribution in [1.82, 2.24) is 9.88 Å². The number of likely N-dealkylation sites (tertiary alicyclic amines) is 1. The van der Waals surface area contributed by atoms with Gasteiger partial charge in [0.15, 0.2) is 5.82 Å². The zero-order chi connectivity index (χ0) is 29.4. The lowest BCUT2D eigenvalue weighted by molar-refractivity contribution is -0.137. The molecule has 1 aliphatic rings. The Morgan fingerprint density at radius 1 is 1.10 bits per heavy atom. The van der Waals surface area contributed by atoms with Crippen LogP contribution in [-0.2, 0) is 25.7 Å². The van der Waals surface area contributed by atoms with E-state index in [1.165, 1.54) is 36.6 Å². The van der Waals surface area contributed by atoms with E-state index in [0.29, 0.717) is 12.5 Å². The molecule has 0 saturated carbocycles. The number of sulfonamides is 1. The van der Waals surface area contributed by atoms with Gasteiger partial charge in [-0.3, -0.25) is 0 Å². The number of amides is 2. The lowest BCUT2D eigenvalue weighted by Crippen LogP contribution is -2.41. The fourth-order valence-corrected chi connectivity index (χ4v) is 5.55. The molecule has 3 rings (SSSR count). The normalized spacial score (nSPS) is 16.6. The van der Waals surface area contributed by atoms with E-state index in [1.54, 1.807) is 20.8 Å². The number of hydrogen-bond donors (Lipinski definition) is 1. The Bertz CT molecular complexity index is 1300. The Hall–Kier alpha value is -3.07. The average Bonchev–Trinajstić information content (AvgIpc) is 3.43. The predicted octanol–water partition coefficient (Wildman–Crippen LogP) is 5.71. The standard InChI is InChI=1S/C24H31F3N4O6S2/c1-22(2,3)36-20(32)30-10-9-15(12-30)29-18-8-7-16(11-17(18)24(25,26)27)39(34,35)31(19-13-38-14-28-19)21(33)37-23(4,5)6/h7-8,11,13-15,29H,9-10,12H2,1-6H3. The third-order valence-corrected chi connectivity index (χ3v) is 7.46. The molecular formula is C24H31F3N4O6S2. The third kappa shape index (κ3) is 7.75. The minimum atomic E-state index is -4.94. The van der Waals surface area contributed by atoms with E-state index < -0.39 is 56.1 Å². The number of anilines is 2. The minimum Gasteiger partial charge on any atom is -0.444 e. The number of nitrogens with one attached hydrogen (secondary N) is 1. The molecule has 15 heteroatoms. The van der Waals surface area contributed by atoms with E-state index in [0.717, 1.165) is 23.5 Å². The van der Waals surface area contributed by atoms with Crippen LogP contribution in [0, 0.1) is 0 Å². The molecule has 1 unspecified atom stereocenters. The maximum atomic E-state index is 14.1. The van der Waals surface area contributed by atoms with E-state index in [4.69, 9.17) is 9.47 Å². The highest BCUT2D eigenvalue weighted by atomic mass is 32.2. The maximum Gasteiger partial charge on any atom is 0.430 e. The molecule has 0 spiro atoms. The number of hydrogen-bond acceptors (Lipinski definition) is 9. The molecule has 2 heterocycles. The van der Waals surface area contributed by atoms with Crippen LogP contribution in [0.15, 0.2) is 34.0 Å². The van der Waals surface area contributed by atoms with Crippen LogP contribution in [0.25, 0.3) is 0 Å². The number of rotatable bonds is 5. The van der Waals surface area contributed by atoms with Crippen molar-refractivity contribution in [2.24, 2.45) is 0 Å². The van der Waals surface area contributed by atoms with E-state index in [9.17, 15) is 31.2 Å². The number of ether oxygens (including phenoxy) is 2. The highest BCUT2D eigenvalue weighted by Gasteiger charge is 2.40. The molecule has 0 radical (unpaired) electrons. The summed E-state index contributed by atoms with van der Waals surface area (Å²) in [6.45, 7) is 10.1. The van der Waals surface area contributed by atoms with E-state index in [1.807, 2.05) is 0 Å². The second-order valence-electron chi connectivity index (χ2n) is 10.9. The first-order chi connectivity index (χ1) is 17.8. The van der Waals surface area contributed by atoms with Crippen molar-refractivity contribution >= 4 is 45.1 Å². The summed E-state index contributed by atoms with van der Waals surface area (Å²) >= 11 is 0.995. The molecule has 1 N–H and O–H groups in total. The lowest BCUT2D eigenvalue weighted by Gasteiger charge is -2.26. The van der Waals surface area contributed by atoms with E-state index in [-0.39, 0.29) is 28.9 Å². The molecule has 39 heavy (non-hydrogen) atoms. The number of alkyl halides is 3. The van der Waals surface area contributed by atoms with Crippen LogP contribution in [0.3, 0.4) is 0 Å². The second-order valence-corrected chi connectivity index (χ2v) is 13.4. The van der Waals surface area contributed by atoms with Gasteiger partial charge in [-0.2, -0.15) is 13.2 Å². The number of carbonyl (C=O) groups is 2. The summed E-state index contributed by atoms with van der Waals surface area (Å²) in [7, 11) is -4.85. The van der Waals surface area contributed by atoms with E-state index >= 15 is 0 Å². The molecule has 10 nitrogen and oxygen atoms in total. The number of benzene rings is 1. The Balaban J connectivity index is 1.92. The zero-order valence-electron chi connectivity index (χ0n) is 22.3. The molecule has 1 aromatic carbocycles. The summed E-state index contributed by atoms with van der Waals surface area (Å²) in [6.07, 6.45) is -6.47. The van der Waals surface area contributed by atoms with Gasteiger partial charge in [-0.1, -0.05) is 0 Å². The van der Waals surface area contributed by atoms with Crippen molar-refractivity contribution in [3.8, 4) is 0 Å². The van der Waals surface area contributed by atoms with Crippen LogP contribution >= 0.6 is 11.3 Å². The first kappa shape index (κ1) is 30.5. The molecule has 1 saturated heterocycles. The summed E-state index contributed by atoms with van der Waals surface area (Å²) in [4.78, 5) is 29.6. The van der Waals surface area contributed by atoms with Crippen molar-refractivity contribution < 1.29 is 40.7 Å². The molecule has 0 bridgehead atoms. The van der Waals surface area contributed by atoms with Gasteiger partial charge in [-0.05, 0) is 66.2 Å². The Morgan fingerprint density at radius 2 is 1.74 bits per heavy atom. The second kappa shape index (κ2) is 10.8. The quantitative estimate of drug-likeness (QED) is 0.469. The van der Waals surface area contributed by atoms with Gasteiger partial charge in [0.05, 0.1) is 16.0 Å².